The Kier molecular flexibility index (Phi) is 6.90. The Bertz CT molecular complexity index is 1570. The van der Waals surface area contributed by atoms with Crippen LogP contribution in [0.4, 0.5) is 11.8 Å². The zero-order valence-corrected chi connectivity index (χ0v) is 25.5. The van der Waals surface area contributed by atoms with Crippen molar-refractivity contribution in [3.05, 3.63) is 51.5 Å². The number of aryl methyl sites for hydroxylation is 1. The van der Waals surface area contributed by atoms with E-state index in [1.54, 1.807) is 23.7 Å². The molecule has 0 bridgehead atoms. The van der Waals surface area contributed by atoms with Crippen LogP contribution in [-0.4, -0.2) is 46.4 Å². The van der Waals surface area contributed by atoms with E-state index in [-0.39, 0.29) is 16.2 Å². The van der Waals surface area contributed by atoms with E-state index in [0.29, 0.717) is 10.8 Å². The minimum absolute atomic E-state index is 0.0102. The lowest BCUT2D eigenvalue weighted by Gasteiger charge is -2.44. The average Bonchev–Trinajstić information content (AvgIpc) is 3.61. The molecule has 1 unspecified atom stereocenters. The molecular weight excluding hydrogens is 572 g/mol. The number of nitrogens with two attached hydrogens (primary N) is 1. The molecule has 0 saturated carbocycles. The molecule has 5 heterocycles. The predicted molar refractivity (Wildman–Crippen MR) is 159 cm³/mol. The van der Waals surface area contributed by atoms with Crippen molar-refractivity contribution in [3.8, 4) is 0 Å². The van der Waals surface area contributed by atoms with Crippen molar-refractivity contribution in [2.45, 2.75) is 67.5 Å². The van der Waals surface area contributed by atoms with E-state index in [0.717, 1.165) is 65.1 Å². The Labute approximate surface area is 243 Å². The summed E-state index contributed by atoms with van der Waals surface area (Å²) in [6.07, 6.45) is 8.24. The van der Waals surface area contributed by atoms with E-state index >= 15 is 0 Å². The number of rotatable bonds is 5. The molecule has 4 aromatic heterocycles. The highest BCUT2D eigenvalue weighted by atomic mass is 35.5. The van der Waals surface area contributed by atoms with Gasteiger partial charge in [-0.15, -0.1) is 11.3 Å². The summed E-state index contributed by atoms with van der Waals surface area (Å²) in [7, 11) is -1.16. The van der Waals surface area contributed by atoms with E-state index in [1.807, 2.05) is 45.5 Å². The molecule has 1 spiro atoms. The third-order valence-electron chi connectivity index (χ3n) is 7.64. The lowest BCUT2D eigenvalue weighted by molar-refractivity contribution is 0.177. The van der Waals surface area contributed by atoms with Crippen LogP contribution in [0.5, 0.6) is 0 Å². The van der Waals surface area contributed by atoms with Gasteiger partial charge >= 0.3 is 0 Å². The maximum atomic E-state index is 13.2. The Hall–Kier alpha value is -2.25. The van der Waals surface area contributed by atoms with Gasteiger partial charge in [0.15, 0.2) is 5.65 Å². The highest BCUT2D eigenvalue weighted by Crippen LogP contribution is 2.53. The molecule has 1 aliphatic carbocycles. The highest BCUT2D eigenvalue weighted by molar-refractivity contribution is 7.99. The molecule has 206 valence electrons. The van der Waals surface area contributed by atoms with Crippen molar-refractivity contribution in [2.24, 2.45) is 5.41 Å². The number of fused-ring (bicyclic) bond motifs is 2. The van der Waals surface area contributed by atoms with Gasteiger partial charge < -0.3 is 10.6 Å². The van der Waals surface area contributed by atoms with Gasteiger partial charge in [-0.1, -0.05) is 23.4 Å². The van der Waals surface area contributed by atoms with Crippen molar-refractivity contribution in [2.75, 3.05) is 23.7 Å². The van der Waals surface area contributed by atoms with E-state index in [2.05, 4.69) is 29.0 Å². The van der Waals surface area contributed by atoms with Gasteiger partial charge in [-0.3, -0.25) is 4.40 Å². The SMILES string of the molecule is Cc1nc(N2CCC3(CC2)Cc2ncsc2[C@H]3NS(=O)C(C)(C)C)n2ccnc2c1Sc1ccnc(N)c1Cl. The normalized spacial score (nSPS) is 19.6. The fourth-order valence-electron chi connectivity index (χ4n) is 5.46. The van der Waals surface area contributed by atoms with Crippen LogP contribution < -0.4 is 15.4 Å². The van der Waals surface area contributed by atoms with E-state index in [1.165, 1.54) is 16.6 Å². The number of piperidine rings is 1. The summed E-state index contributed by atoms with van der Waals surface area (Å²) >= 11 is 9.61. The molecule has 1 saturated heterocycles. The topological polar surface area (TPSA) is 114 Å². The molecular formula is C26H31ClN8OS3. The number of hydrogen-bond acceptors (Lipinski definition) is 9. The molecule has 2 aliphatic rings. The molecule has 6 rings (SSSR count). The number of pyridine rings is 1. The summed E-state index contributed by atoms with van der Waals surface area (Å²) in [5.41, 5.74) is 10.7. The molecule has 3 N–H and O–H groups in total. The minimum atomic E-state index is -1.16. The van der Waals surface area contributed by atoms with Gasteiger partial charge in [0.1, 0.15) is 5.82 Å². The van der Waals surface area contributed by atoms with Crippen molar-refractivity contribution in [3.63, 3.8) is 0 Å². The predicted octanol–water partition coefficient (Wildman–Crippen LogP) is 5.21. The second kappa shape index (κ2) is 9.99. The maximum absolute atomic E-state index is 13.2. The van der Waals surface area contributed by atoms with E-state index in [9.17, 15) is 4.21 Å². The van der Waals surface area contributed by atoms with Gasteiger partial charge in [0.25, 0.3) is 0 Å². The van der Waals surface area contributed by atoms with Gasteiger partial charge in [0.2, 0.25) is 5.95 Å². The molecule has 0 aromatic carbocycles. The fourth-order valence-corrected chi connectivity index (χ4v) is 8.68. The first-order valence-electron chi connectivity index (χ1n) is 12.8. The van der Waals surface area contributed by atoms with Crippen LogP contribution >= 0.6 is 34.7 Å². The third kappa shape index (κ3) is 4.73. The quantitative estimate of drug-likeness (QED) is 0.320. The van der Waals surface area contributed by atoms with Crippen molar-refractivity contribution < 1.29 is 4.21 Å². The molecule has 1 fully saturated rings. The number of thiazole rings is 1. The second-order valence-corrected chi connectivity index (χ2v) is 15.5. The number of imidazole rings is 1. The molecule has 2 atom stereocenters. The number of hydrogen-bond donors (Lipinski definition) is 2. The van der Waals surface area contributed by atoms with Crippen LogP contribution in [0.1, 0.15) is 55.9 Å². The van der Waals surface area contributed by atoms with Crippen LogP contribution in [0.25, 0.3) is 5.65 Å². The van der Waals surface area contributed by atoms with Crippen molar-refractivity contribution in [1.82, 2.24) is 29.1 Å². The summed E-state index contributed by atoms with van der Waals surface area (Å²) in [4.78, 5) is 23.8. The monoisotopic (exact) mass is 602 g/mol. The lowest BCUT2D eigenvalue weighted by Crippen LogP contribution is -2.48. The largest absolute Gasteiger partial charge is 0.382 e. The Morgan fingerprint density at radius 1 is 1.23 bits per heavy atom. The number of aromatic nitrogens is 5. The third-order valence-corrected chi connectivity index (χ3v) is 11.9. The summed E-state index contributed by atoms with van der Waals surface area (Å²) < 4.78 is 18.4. The summed E-state index contributed by atoms with van der Waals surface area (Å²) in [6, 6.07) is 1.90. The van der Waals surface area contributed by atoms with Crippen LogP contribution in [0.15, 0.2) is 40.0 Å². The zero-order chi connectivity index (χ0) is 27.5. The molecule has 4 aromatic rings. The molecule has 0 amide bonds. The van der Waals surface area contributed by atoms with Crippen molar-refractivity contribution in [1.29, 1.82) is 0 Å². The number of anilines is 2. The summed E-state index contributed by atoms with van der Waals surface area (Å²) in [5, 5.41) is 0.437. The fraction of sp³-hybridized carbons (Fsp3) is 0.462. The number of halogens is 1. The molecule has 0 radical (unpaired) electrons. The smallest absolute Gasteiger partial charge is 0.211 e. The van der Waals surface area contributed by atoms with Gasteiger partial charge in [0.05, 0.1) is 48.6 Å². The van der Waals surface area contributed by atoms with Crippen LogP contribution in [0, 0.1) is 12.3 Å². The second-order valence-electron chi connectivity index (χ2n) is 11.2. The average molecular weight is 603 g/mol. The number of nitrogen functional groups attached to an aromatic ring is 1. The standard InChI is InChI=1S/C26H31ClN8OS3/c1-15-19(38-17-5-8-29-22(28)18(17)27)23-30-9-12-35(23)24(32-15)34-10-6-26(7-11-34)13-16-20(37-14-31-16)21(26)33-39(36)25(2,3)4/h5,8-9,12,14,21,33H,6-7,10-11,13H2,1-4H3,(H2,28,29)/t21-,39?/m1/s1. The minimum Gasteiger partial charge on any atom is -0.382 e. The maximum Gasteiger partial charge on any atom is 0.211 e. The van der Waals surface area contributed by atoms with Gasteiger partial charge in [-0.25, -0.2) is 28.9 Å². The zero-order valence-electron chi connectivity index (χ0n) is 22.3. The van der Waals surface area contributed by atoms with Gasteiger partial charge in [0, 0.05) is 46.9 Å². The van der Waals surface area contributed by atoms with Crippen molar-refractivity contribution >= 4 is 63.1 Å². The Morgan fingerprint density at radius 2 is 2.00 bits per heavy atom. The van der Waals surface area contributed by atoms with Crippen LogP contribution in [0.3, 0.4) is 0 Å². The van der Waals surface area contributed by atoms with E-state index < -0.39 is 11.0 Å². The molecule has 1 aliphatic heterocycles. The lowest BCUT2D eigenvalue weighted by atomic mass is 9.74. The van der Waals surface area contributed by atoms with Crippen LogP contribution in [0.2, 0.25) is 5.02 Å². The Balaban J connectivity index is 1.27. The number of nitrogens with one attached hydrogen (secondary N) is 1. The summed E-state index contributed by atoms with van der Waals surface area (Å²) in [5.74, 6) is 1.19. The van der Waals surface area contributed by atoms with Crippen LogP contribution in [-0.2, 0) is 17.4 Å². The van der Waals surface area contributed by atoms with Gasteiger partial charge in [-0.2, -0.15) is 0 Å². The highest BCUT2D eigenvalue weighted by Gasteiger charge is 2.50. The van der Waals surface area contributed by atoms with E-state index in [4.69, 9.17) is 22.3 Å². The first-order chi connectivity index (χ1) is 18.6. The van der Waals surface area contributed by atoms with Gasteiger partial charge in [-0.05, 0) is 53.0 Å². The molecule has 13 heteroatoms. The first-order valence-corrected chi connectivity index (χ1v) is 16.1. The number of nitrogens with zero attached hydrogens (tertiary/aromatic N) is 6. The summed E-state index contributed by atoms with van der Waals surface area (Å²) in [6.45, 7) is 9.72. The Morgan fingerprint density at radius 3 is 2.74 bits per heavy atom. The first kappa shape index (κ1) is 26.9. The molecule has 9 nitrogen and oxygen atoms in total. The molecule has 39 heavy (non-hydrogen) atoms.